The smallest absolute Gasteiger partial charge is 0.159 e. The van der Waals surface area contributed by atoms with E-state index in [0.29, 0.717) is 5.84 Å². The maximum absolute atomic E-state index is 6.73. The normalized spacial score (nSPS) is 14.2. The summed E-state index contributed by atoms with van der Waals surface area (Å²) in [5.41, 5.74) is 11.4. The van der Waals surface area contributed by atoms with Crippen LogP contribution in [0.15, 0.2) is 202 Å². The molecule has 2 heterocycles. The molecule has 1 unspecified atom stereocenters. The molecule has 53 heavy (non-hydrogen) atoms. The highest BCUT2D eigenvalue weighted by molar-refractivity contribution is 6.23. The van der Waals surface area contributed by atoms with Crippen LogP contribution in [0.25, 0.3) is 66.1 Å². The number of furan rings is 1. The maximum atomic E-state index is 6.73. The molecular formula is C49H33N3O. The molecular weight excluding hydrogens is 647 g/mol. The van der Waals surface area contributed by atoms with Crippen LogP contribution in [0.3, 0.4) is 0 Å². The Morgan fingerprint density at radius 3 is 1.72 bits per heavy atom. The van der Waals surface area contributed by atoms with Crippen molar-refractivity contribution in [2.45, 2.75) is 6.17 Å². The van der Waals surface area contributed by atoms with Crippen LogP contribution in [0.1, 0.15) is 22.9 Å². The summed E-state index contributed by atoms with van der Waals surface area (Å²) in [6.45, 7) is 0. The minimum atomic E-state index is -0.341. The largest absolute Gasteiger partial charge is 0.456 e. The van der Waals surface area contributed by atoms with Gasteiger partial charge in [0.25, 0.3) is 0 Å². The third-order valence-corrected chi connectivity index (χ3v) is 10.1. The van der Waals surface area contributed by atoms with Crippen LogP contribution >= 0.6 is 0 Å². The number of fused-ring (bicyclic) bond motifs is 4. The van der Waals surface area contributed by atoms with E-state index in [0.717, 1.165) is 77.5 Å². The fourth-order valence-electron chi connectivity index (χ4n) is 7.42. The van der Waals surface area contributed by atoms with Crippen LogP contribution in [0, 0.1) is 0 Å². The molecule has 10 rings (SSSR count). The first-order valence-corrected chi connectivity index (χ1v) is 17.9. The van der Waals surface area contributed by atoms with Crippen molar-refractivity contribution in [3.8, 4) is 33.4 Å². The summed E-state index contributed by atoms with van der Waals surface area (Å²) >= 11 is 0. The lowest BCUT2D eigenvalue weighted by atomic mass is 9.95. The molecule has 1 atom stereocenters. The zero-order valence-corrected chi connectivity index (χ0v) is 28.8. The van der Waals surface area contributed by atoms with E-state index >= 15 is 0 Å². The SMILES string of the molecule is c1ccc(-c2ccc(C3=NC(c4ccccc4)NC(c4cc(-c5cccc(-c6ccccc6)c5)cc5oc6cc7ccccc7cc6c45)=N3)cc2)cc1. The number of aliphatic imine (C=N–C) groups is 2. The van der Waals surface area contributed by atoms with Gasteiger partial charge in [0.2, 0.25) is 0 Å². The van der Waals surface area contributed by atoms with E-state index < -0.39 is 0 Å². The van der Waals surface area contributed by atoms with Crippen LogP contribution in [0.5, 0.6) is 0 Å². The quantitative estimate of drug-likeness (QED) is 0.190. The molecule has 4 nitrogen and oxygen atoms in total. The molecule has 1 aliphatic heterocycles. The zero-order valence-electron chi connectivity index (χ0n) is 28.8. The Morgan fingerprint density at radius 2 is 1.00 bits per heavy atom. The highest BCUT2D eigenvalue weighted by atomic mass is 16.3. The van der Waals surface area contributed by atoms with Gasteiger partial charge in [-0.15, -0.1) is 0 Å². The van der Waals surface area contributed by atoms with Gasteiger partial charge in [0, 0.05) is 21.9 Å². The predicted molar refractivity (Wildman–Crippen MR) is 219 cm³/mol. The lowest BCUT2D eigenvalue weighted by Gasteiger charge is -2.24. The third-order valence-electron chi connectivity index (χ3n) is 10.1. The average Bonchev–Trinajstić information content (AvgIpc) is 3.60. The lowest BCUT2D eigenvalue weighted by molar-refractivity contribution is 0.668. The van der Waals surface area contributed by atoms with Crippen LogP contribution in [-0.4, -0.2) is 11.7 Å². The van der Waals surface area contributed by atoms with E-state index in [1.807, 2.05) is 18.2 Å². The van der Waals surface area contributed by atoms with Gasteiger partial charge in [-0.25, -0.2) is 9.98 Å². The predicted octanol–water partition coefficient (Wildman–Crippen LogP) is 12.2. The van der Waals surface area contributed by atoms with Crippen LogP contribution < -0.4 is 5.32 Å². The molecule has 0 radical (unpaired) electrons. The number of rotatable bonds is 6. The molecule has 8 aromatic carbocycles. The van der Waals surface area contributed by atoms with Crippen molar-refractivity contribution in [3.05, 3.63) is 205 Å². The lowest BCUT2D eigenvalue weighted by Crippen LogP contribution is -2.33. The minimum Gasteiger partial charge on any atom is -0.456 e. The highest BCUT2D eigenvalue weighted by Gasteiger charge is 2.25. The second-order valence-electron chi connectivity index (χ2n) is 13.5. The Balaban J connectivity index is 1.18. The molecule has 1 N–H and O–H groups in total. The van der Waals surface area contributed by atoms with E-state index in [1.54, 1.807) is 0 Å². The van der Waals surface area contributed by atoms with Gasteiger partial charge >= 0.3 is 0 Å². The van der Waals surface area contributed by atoms with Gasteiger partial charge < -0.3 is 9.73 Å². The molecule has 4 heteroatoms. The van der Waals surface area contributed by atoms with Gasteiger partial charge in [-0.05, 0) is 80.0 Å². The molecule has 0 saturated heterocycles. The van der Waals surface area contributed by atoms with Crippen molar-refractivity contribution in [1.29, 1.82) is 0 Å². The number of amidine groups is 2. The third kappa shape index (κ3) is 5.77. The van der Waals surface area contributed by atoms with Gasteiger partial charge in [0.1, 0.15) is 23.2 Å². The first-order valence-electron chi connectivity index (χ1n) is 17.9. The summed E-state index contributed by atoms with van der Waals surface area (Å²) in [6, 6.07) is 65.8. The first kappa shape index (κ1) is 30.8. The van der Waals surface area contributed by atoms with Crippen molar-refractivity contribution in [1.82, 2.24) is 5.32 Å². The molecule has 250 valence electrons. The van der Waals surface area contributed by atoms with E-state index in [9.17, 15) is 0 Å². The standard InChI is InChI=1S/C49H33N3O/c1-4-13-32(14-5-1)34-23-25-36(26-24-34)48-50-47(35-17-8-3-9-18-35)51-49(52-48)43-29-41(38-22-12-21-37(27-38)33-15-6-2-7-16-33)31-45-46(43)42-28-39-19-10-11-20-40(39)30-44(42)53-45/h1-31,47H,(H,50,51,52). The Morgan fingerprint density at radius 1 is 0.434 bits per heavy atom. The molecule has 1 aromatic heterocycles. The van der Waals surface area contributed by atoms with E-state index in [4.69, 9.17) is 14.4 Å². The number of benzene rings is 8. The second kappa shape index (κ2) is 12.9. The van der Waals surface area contributed by atoms with Crippen molar-refractivity contribution < 1.29 is 4.42 Å². The van der Waals surface area contributed by atoms with Gasteiger partial charge in [0.05, 0.1) is 0 Å². The van der Waals surface area contributed by atoms with Gasteiger partial charge in [0.15, 0.2) is 5.84 Å². The van der Waals surface area contributed by atoms with Crippen LogP contribution in [-0.2, 0) is 0 Å². The molecule has 0 saturated carbocycles. The Labute approximate surface area is 307 Å². The fraction of sp³-hybridized carbons (Fsp3) is 0.0204. The Kier molecular flexibility index (Phi) is 7.51. The summed E-state index contributed by atoms with van der Waals surface area (Å²) in [5.74, 6) is 1.42. The molecule has 9 aromatic rings. The summed E-state index contributed by atoms with van der Waals surface area (Å²) in [7, 11) is 0. The molecule has 0 fully saturated rings. The Bertz CT molecular complexity index is 2840. The summed E-state index contributed by atoms with van der Waals surface area (Å²) in [4.78, 5) is 10.5. The van der Waals surface area contributed by atoms with Crippen molar-refractivity contribution in [3.63, 3.8) is 0 Å². The molecule has 0 bridgehead atoms. The van der Waals surface area contributed by atoms with E-state index in [2.05, 4.69) is 175 Å². The monoisotopic (exact) mass is 679 g/mol. The van der Waals surface area contributed by atoms with Crippen LogP contribution in [0.4, 0.5) is 0 Å². The Hall–Kier alpha value is -7.04. The van der Waals surface area contributed by atoms with E-state index in [1.165, 1.54) is 11.1 Å². The van der Waals surface area contributed by atoms with Crippen molar-refractivity contribution in [2.75, 3.05) is 0 Å². The highest BCUT2D eigenvalue weighted by Crippen LogP contribution is 2.39. The molecule has 0 aliphatic carbocycles. The number of nitrogens with zero attached hydrogens (tertiary/aromatic N) is 2. The summed E-state index contributed by atoms with van der Waals surface area (Å²) in [6.07, 6.45) is -0.341. The second-order valence-corrected chi connectivity index (χ2v) is 13.5. The fourth-order valence-corrected chi connectivity index (χ4v) is 7.42. The number of hydrogen-bond donors (Lipinski definition) is 1. The van der Waals surface area contributed by atoms with Gasteiger partial charge in [-0.3, -0.25) is 0 Å². The van der Waals surface area contributed by atoms with Crippen molar-refractivity contribution >= 4 is 44.4 Å². The average molecular weight is 680 g/mol. The number of hydrogen-bond acceptors (Lipinski definition) is 4. The van der Waals surface area contributed by atoms with E-state index in [-0.39, 0.29) is 6.17 Å². The summed E-state index contributed by atoms with van der Waals surface area (Å²) < 4.78 is 6.73. The topological polar surface area (TPSA) is 49.9 Å². The van der Waals surface area contributed by atoms with Crippen LogP contribution in [0.2, 0.25) is 0 Å². The zero-order chi connectivity index (χ0) is 35.1. The number of nitrogens with one attached hydrogen (secondary N) is 1. The molecule has 0 amide bonds. The van der Waals surface area contributed by atoms with Gasteiger partial charge in [-0.2, -0.15) is 0 Å². The molecule has 0 spiro atoms. The minimum absolute atomic E-state index is 0.341. The molecule has 1 aliphatic rings. The van der Waals surface area contributed by atoms with Gasteiger partial charge in [-0.1, -0.05) is 158 Å². The first-order chi connectivity index (χ1) is 26.2. The summed E-state index contributed by atoms with van der Waals surface area (Å²) in [5, 5.41) is 8.12. The van der Waals surface area contributed by atoms with Crippen molar-refractivity contribution in [2.24, 2.45) is 9.98 Å². The maximum Gasteiger partial charge on any atom is 0.159 e.